The number of rotatable bonds is 3. The van der Waals surface area contributed by atoms with Crippen LogP contribution in [-0.2, 0) is 0 Å². The fourth-order valence-corrected chi connectivity index (χ4v) is 1.88. The molecule has 0 amide bonds. The van der Waals surface area contributed by atoms with Gasteiger partial charge < -0.3 is 0 Å². The van der Waals surface area contributed by atoms with E-state index in [1.165, 1.54) is 0 Å². The lowest BCUT2D eigenvalue weighted by Crippen LogP contribution is -1.74. The Labute approximate surface area is 104 Å². The van der Waals surface area contributed by atoms with Crippen LogP contribution < -0.4 is 0 Å². The molecule has 0 spiro atoms. The lowest BCUT2D eigenvalue weighted by molar-refractivity contribution is 1.000. The standard InChI is InChI=1S/C12H11ClN2S/c1-16-12-8-10(14-15-12)7-6-9-4-2-3-5-11(9)13/h2-8H,1H3,(H,14,15)/b7-6+. The molecule has 2 aromatic rings. The van der Waals surface area contributed by atoms with Crippen molar-refractivity contribution < 1.29 is 0 Å². The molecule has 2 rings (SSSR count). The summed E-state index contributed by atoms with van der Waals surface area (Å²) in [4.78, 5) is 0. The monoisotopic (exact) mass is 250 g/mol. The number of aromatic nitrogens is 2. The highest BCUT2D eigenvalue weighted by Gasteiger charge is 1.97. The van der Waals surface area contributed by atoms with Gasteiger partial charge in [0.1, 0.15) is 5.03 Å². The normalized spacial score (nSPS) is 11.1. The van der Waals surface area contributed by atoms with E-state index < -0.39 is 0 Å². The zero-order valence-corrected chi connectivity index (χ0v) is 10.3. The van der Waals surface area contributed by atoms with E-state index in [1.807, 2.05) is 48.7 Å². The van der Waals surface area contributed by atoms with E-state index >= 15 is 0 Å². The van der Waals surface area contributed by atoms with E-state index in [4.69, 9.17) is 11.6 Å². The Hall–Kier alpha value is -1.19. The summed E-state index contributed by atoms with van der Waals surface area (Å²) >= 11 is 7.65. The Balaban J connectivity index is 2.18. The van der Waals surface area contributed by atoms with Crippen LogP contribution in [0, 0.1) is 0 Å². The number of hydrogen-bond donors (Lipinski definition) is 1. The van der Waals surface area contributed by atoms with Gasteiger partial charge in [0.2, 0.25) is 0 Å². The van der Waals surface area contributed by atoms with Crippen molar-refractivity contribution in [2.24, 2.45) is 0 Å². The van der Waals surface area contributed by atoms with Crippen LogP contribution in [0.2, 0.25) is 5.02 Å². The second-order valence-corrected chi connectivity index (χ2v) is 4.45. The van der Waals surface area contributed by atoms with Crippen LogP contribution in [0.3, 0.4) is 0 Å². The number of nitrogens with zero attached hydrogens (tertiary/aromatic N) is 1. The molecule has 1 heterocycles. The molecule has 0 saturated carbocycles. The van der Waals surface area contributed by atoms with Gasteiger partial charge in [-0.1, -0.05) is 35.9 Å². The highest BCUT2D eigenvalue weighted by molar-refractivity contribution is 7.98. The van der Waals surface area contributed by atoms with Gasteiger partial charge in [0, 0.05) is 5.02 Å². The van der Waals surface area contributed by atoms with Crippen molar-refractivity contribution in [2.45, 2.75) is 5.03 Å². The van der Waals surface area contributed by atoms with E-state index in [2.05, 4.69) is 10.2 Å². The van der Waals surface area contributed by atoms with Crippen LogP contribution in [0.4, 0.5) is 0 Å². The summed E-state index contributed by atoms with van der Waals surface area (Å²) in [5, 5.41) is 8.81. The summed E-state index contributed by atoms with van der Waals surface area (Å²) in [5.74, 6) is 0. The van der Waals surface area contributed by atoms with E-state index in [0.717, 1.165) is 21.3 Å². The van der Waals surface area contributed by atoms with Crippen molar-refractivity contribution >= 4 is 35.5 Å². The summed E-state index contributed by atoms with van der Waals surface area (Å²) in [6.07, 6.45) is 5.94. The third-order valence-electron chi connectivity index (χ3n) is 2.13. The first kappa shape index (κ1) is 11.3. The molecule has 1 aromatic heterocycles. The van der Waals surface area contributed by atoms with E-state index in [-0.39, 0.29) is 0 Å². The first-order valence-corrected chi connectivity index (χ1v) is 6.42. The average Bonchev–Trinajstić information content (AvgIpc) is 2.76. The minimum absolute atomic E-state index is 0.753. The summed E-state index contributed by atoms with van der Waals surface area (Å²) in [7, 11) is 0. The topological polar surface area (TPSA) is 28.7 Å². The lowest BCUT2D eigenvalue weighted by atomic mass is 10.2. The minimum atomic E-state index is 0.753. The zero-order valence-electron chi connectivity index (χ0n) is 8.77. The van der Waals surface area contributed by atoms with Gasteiger partial charge in [0.15, 0.2) is 0 Å². The van der Waals surface area contributed by atoms with Crippen molar-refractivity contribution in [3.63, 3.8) is 0 Å². The number of hydrogen-bond acceptors (Lipinski definition) is 2. The van der Waals surface area contributed by atoms with Gasteiger partial charge in [-0.25, -0.2) is 0 Å². The van der Waals surface area contributed by atoms with Crippen LogP contribution >= 0.6 is 23.4 Å². The summed E-state index contributed by atoms with van der Waals surface area (Å²) < 4.78 is 0. The first-order chi connectivity index (χ1) is 7.79. The SMILES string of the molecule is CSc1cc(/C=C/c2ccccc2Cl)[nH]n1. The highest BCUT2D eigenvalue weighted by Crippen LogP contribution is 2.18. The molecule has 0 atom stereocenters. The maximum atomic E-state index is 6.04. The van der Waals surface area contributed by atoms with Crippen LogP contribution in [0.15, 0.2) is 35.4 Å². The Morgan fingerprint density at radius 2 is 2.12 bits per heavy atom. The van der Waals surface area contributed by atoms with Crippen molar-refractivity contribution in [1.82, 2.24) is 10.2 Å². The maximum absolute atomic E-state index is 6.04. The molecule has 2 nitrogen and oxygen atoms in total. The van der Waals surface area contributed by atoms with Crippen molar-refractivity contribution in [2.75, 3.05) is 6.26 Å². The third-order valence-corrected chi connectivity index (χ3v) is 3.10. The van der Waals surface area contributed by atoms with Gasteiger partial charge in [-0.3, -0.25) is 5.10 Å². The molecule has 0 aliphatic rings. The smallest absolute Gasteiger partial charge is 0.118 e. The number of halogens is 1. The number of H-pyrrole nitrogens is 1. The number of benzene rings is 1. The zero-order chi connectivity index (χ0) is 11.4. The van der Waals surface area contributed by atoms with Crippen LogP contribution in [-0.4, -0.2) is 16.5 Å². The minimum Gasteiger partial charge on any atom is -0.277 e. The largest absolute Gasteiger partial charge is 0.277 e. The number of thioether (sulfide) groups is 1. The molecule has 0 aliphatic heterocycles. The molecule has 0 bridgehead atoms. The fourth-order valence-electron chi connectivity index (χ4n) is 1.30. The predicted octanol–water partition coefficient (Wildman–Crippen LogP) is 3.96. The van der Waals surface area contributed by atoms with Gasteiger partial charge >= 0.3 is 0 Å². The van der Waals surface area contributed by atoms with E-state index in [0.29, 0.717) is 0 Å². The number of nitrogens with one attached hydrogen (secondary N) is 1. The van der Waals surface area contributed by atoms with E-state index in [9.17, 15) is 0 Å². The molecule has 16 heavy (non-hydrogen) atoms. The highest BCUT2D eigenvalue weighted by atomic mass is 35.5. The second kappa shape index (κ2) is 5.23. The van der Waals surface area contributed by atoms with Crippen LogP contribution in [0.1, 0.15) is 11.3 Å². The molecule has 1 N–H and O–H groups in total. The molecule has 4 heteroatoms. The molecule has 0 unspecified atom stereocenters. The van der Waals surface area contributed by atoms with Gasteiger partial charge in [-0.2, -0.15) is 5.10 Å². The fraction of sp³-hybridized carbons (Fsp3) is 0.0833. The quantitative estimate of drug-likeness (QED) is 0.836. The van der Waals surface area contributed by atoms with Crippen molar-refractivity contribution in [3.8, 4) is 0 Å². The molecule has 82 valence electrons. The van der Waals surface area contributed by atoms with Crippen molar-refractivity contribution in [1.29, 1.82) is 0 Å². The Kier molecular flexibility index (Phi) is 3.70. The van der Waals surface area contributed by atoms with Gasteiger partial charge in [0.05, 0.1) is 5.69 Å². The predicted molar refractivity (Wildman–Crippen MR) is 70.7 cm³/mol. The molecular weight excluding hydrogens is 240 g/mol. The second-order valence-electron chi connectivity index (χ2n) is 3.22. The van der Waals surface area contributed by atoms with Crippen molar-refractivity contribution in [3.05, 3.63) is 46.6 Å². The Morgan fingerprint density at radius 1 is 1.31 bits per heavy atom. The maximum Gasteiger partial charge on any atom is 0.118 e. The molecule has 0 radical (unpaired) electrons. The van der Waals surface area contributed by atoms with Gasteiger partial charge in [-0.15, -0.1) is 11.8 Å². The summed E-state index contributed by atoms with van der Waals surface area (Å²) in [6.45, 7) is 0. The van der Waals surface area contributed by atoms with Crippen LogP contribution in [0.25, 0.3) is 12.2 Å². The average molecular weight is 251 g/mol. The molecule has 1 aromatic carbocycles. The third kappa shape index (κ3) is 2.68. The number of aromatic amines is 1. The molecule has 0 fully saturated rings. The van der Waals surface area contributed by atoms with Gasteiger partial charge in [-0.05, 0) is 30.0 Å². The molecular formula is C12H11ClN2S. The molecule has 0 saturated heterocycles. The summed E-state index contributed by atoms with van der Waals surface area (Å²) in [5.41, 5.74) is 1.98. The van der Waals surface area contributed by atoms with Crippen LogP contribution in [0.5, 0.6) is 0 Å². The molecule has 0 aliphatic carbocycles. The summed E-state index contributed by atoms with van der Waals surface area (Å²) in [6, 6.07) is 9.73. The lowest BCUT2D eigenvalue weighted by Gasteiger charge is -1.95. The van der Waals surface area contributed by atoms with E-state index in [1.54, 1.807) is 11.8 Å². The van der Waals surface area contributed by atoms with Gasteiger partial charge in [0.25, 0.3) is 0 Å². The Bertz CT molecular complexity index is 505. The Morgan fingerprint density at radius 3 is 2.81 bits per heavy atom. The first-order valence-electron chi connectivity index (χ1n) is 4.81.